The van der Waals surface area contributed by atoms with E-state index in [1.54, 1.807) is 13.2 Å². The maximum Gasteiger partial charge on any atom is 0.163 e. The van der Waals surface area contributed by atoms with Gasteiger partial charge in [-0.15, -0.1) is 0 Å². The standard InChI is InChI=1S/C10H11BrO2/c1-3-10(12)8-6-7(13-2)4-5-9(8)11/h4-6H,3H2,1-2H3. The molecule has 0 aromatic heterocycles. The van der Waals surface area contributed by atoms with Crippen LogP contribution in [-0.2, 0) is 0 Å². The summed E-state index contributed by atoms with van der Waals surface area (Å²) in [6.07, 6.45) is 0.506. The second kappa shape index (κ2) is 4.42. The Morgan fingerprint density at radius 2 is 2.23 bits per heavy atom. The number of hydrogen-bond acceptors (Lipinski definition) is 2. The highest BCUT2D eigenvalue weighted by molar-refractivity contribution is 9.10. The summed E-state index contributed by atoms with van der Waals surface area (Å²) in [5.41, 5.74) is 0.682. The van der Waals surface area contributed by atoms with E-state index in [2.05, 4.69) is 15.9 Å². The fraction of sp³-hybridized carbons (Fsp3) is 0.300. The van der Waals surface area contributed by atoms with E-state index in [0.29, 0.717) is 17.7 Å². The molecule has 0 saturated heterocycles. The molecule has 1 aromatic carbocycles. The molecule has 0 atom stereocenters. The van der Waals surface area contributed by atoms with Gasteiger partial charge in [0.2, 0.25) is 0 Å². The van der Waals surface area contributed by atoms with Crippen molar-refractivity contribution in [1.82, 2.24) is 0 Å². The van der Waals surface area contributed by atoms with Crippen molar-refractivity contribution < 1.29 is 9.53 Å². The molecule has 0 radical (unpaired) electrons. The van der Waals surface area contributed by atoms with Gasteiger partial charge in [0.05, 0.1) is 7.11 Å². The van der Waals surface area contributed by atoms with E-state index in [-0.39, 0.29) is 5.78 Å². The first-order valence-corrected chi connectivity index (χ1v) is 4.85. The van der Waals surface area contributed by atoms with Crippen molar-refractivity contribution in [3.05, 3.63) is 28.2 Å². The van der Waals surface area contributed by atoms with E-state index in [4.69, 9.17) is 4.74 Å². The number of hydrogen-bond donors (Lipinski definition) is 0. The van der Waals surface area contributed by atoms with Crippen LogP contribution in [0.25, 0.3) is 0 Å². The predicted molar refractivity (Wildman–Crippen MR) is 55.3 cm³/mol. The first kappa shape index (κ1) is 10.3. The molecule has 0 bridgehead atoms. The average molecular weight is 243 g/mol. The molecule has 1 rings (SSSR count). The van der Waals surface area contributed by atoms with Crippen LogP contribution in [0.2, 0.25) is 0 Å². The molecule has 0 N–H and O–H groups in total. The molecule has 3 heteroatoms. The van der Waals surface area contributed by atoms with E-state index in [1.807, 2.05) is 19.1 Å². The normalized spacial score (nSPS) is 9.77. The number of methoxy groups -OCH3 is 1. The van der Waals surface area contributed by atoms with Crippen molar-refractivity contribution in [2.45, 2.75) is 13.3 Å². The Bertz CT molecular complexity index is 321. The van der Waals surface area contributed by atoms with Crippen molar-refractivity contribution >= 4 is 21.7 Å². The average Bonchev–Trinajstić information content (AvgIpc) is 2.17. The molecule has 0 spiro atoms. The Kier molecular flexibility index (Phi) is 3.48. The van der Waals surface area contributed by atoms with Crippen LogP contribution in [0.1, 0.15) is 23.7 Å². The van der Waals surface area contributed by atoms with Crippen molar-refractivity contribution in [2.75, 3.05) is 7.11 Å². The minimum Gasteiger partial charge on any atom is -0.497 e. The zero-order valence-electron chi connectivity index (χ0n) is 7.63. The molecule has 70 valence electrons. The largest absolute Gasteiger partial charge is 0.497 e. The van der Waals surface area contributed by atoms with Crippen LogP contribution in [0.4, 0.5) is 0 Å². The molecular formula is C10H11BrO2. The summed E-state index contributed by atoms with van der Waals surface area (Å²) in [7, 11) is 1.59. The molecule has 0 fully saturated rings. The number of rotatable bonds is 3. The third-order valence-corrected chi connectivity index (χ3v) is 2.49. The van der Waals surface area contributed by atoms with E-state index < -0.39 is 0 Å². The molecule has 0 aliphatic rings. The monoisotopic (exact) mass is 242 g/mol. The molecule has 13 heavy (non-hydrogen) atoms. The zero-order valence-corrected chi connectivity index (χ0v) is 9.22. The first-order valence-electron chi connectivity index (χ1n) is 4.05. The number of carbonyl (C=O) groups is 1. The first-order chi connectivity index (χ1) is 6.19. The maximum atomic E-state index is 11.4. The minimum absolute atomic E-state index is 0.116. The van der Waals surface area contributed by atoms with Crippen LogP contribution >= 0.6 is 15.9 Å². The Labute approximate surface area is 86.0 Å². The van der Waals surface area contributed by atoms with Gasteiger partial charge in [0.15, 0.2) is 5.78 Å². The summed E-state index contributed by atoms with van der Waals surface area (Å²) in [4.78, 5) is 11.4. The van der Waals surface area contributed by atoms with Crippen LogP contribution in [0.15, 0.2) is 22.7 Å². The molecule has 0 heterocycles. The fourth-order valence-electron chi connectivity index (χ4n) is 1.04. The third kappa shape index (κ3) is 2.31. The smallest absolute Gasteiger partial charge is 0.163 e. The highest BCUT2D eigenvalue weighted by Crippen LogP contribution is 2.23. The third-order valence-electron chi connectivity index (χ3n) is 1.80. The van der Waals surface area contributed by atoms with Gasteiger partial charge in [0, 0.05) is 16.5 Å². The topological polar surface area (TPSA) is 26.3 Å². The van der Waals surface area contributed by atoms with Crippen molar-refractivity contribution in [1.29, 1.82) is 0 Å². The van der Waals surface area contributed by atoms with Gasteiger partial charge < -0.3 is 4.74 Å². The van der Waals surface area contributed by atoms with Gasteiger partial charge >= 0.3 is 0 Å². The number of Topliss-reactive ketones (excluding diaryl/α,β-unsaturated/α-hetero) is 1. The molecule has 0 saturated carbocycles. The van der Waals surface area contributed by atoms with Gasteiger partial charge in [0.25, 0.3) is 0 Å². The Morgan fingerprint density at radius 3 is 2.77 bits per heavy atom. The fourth-order valence-corrected chi connectivity index (χ4v) is 1.50. The van der Waals surface area contributed by atoms with Crippen LogP contribution in [-0.4, -0.2) is 12.9 Å². The lowest BCUT2D eigenvalue weighted by Gasteiger charge is -2.04. The summed E-state index contributed by atoms with van der Waals surface area (Å²) in [5, 5.41) is 0. The van der Waals surface area contributed by atoms with E-state index in [1.165, 1.54) is 0 Å². The highest BCUT2D eigenvalue weighted by Gasteiger charge is 2.08. The van der Waals surface area contributed by atoms with E-state index >= 15 is 0 Å². The SMILES string of the molecule is CCC(=O)c1cc(OC)ccc1Br. The minimum atomic E-state index is 0.116. The zero-order chi connectivity index (χ0) is 9.84. The van der Waals surface area contributed by atoms with Crippen LogP contribution in [0, 0.1) is 0 Å². The number of benzene rings is 1. The lowest BCUT2D eigenvalue weighted by Crippen LogP contribution is -1.98. The quantitative estimate of drug-likeness (QED) is 0.762. The number of halogens is 1. The molecule has 1 aromatic rings. The van der Waals surface area contributed by atoms with E-state index in [9.17, 15) is 4.79 Å². The molecular weight excluding hydrogens is 232 g/mol. The Balaban J connectivity index is 3.11. The van der Waals surface area contributed by atoms with Crippen molar-refractivity contribution in [3.63, 3.8) is 0 Å². The van der Waals surface area contributed by atoms with Gasteiger partial charge in [0.1, 0.15) is 5.75 Å². The van der Waals surface area contributed by atoms with Gasteiger partial charge in [-0.05, 0) is 18.2 Å². The summed E-state index contributed by atoms with van der Waals surface area (Å²) in [6.45, 7) is 1.84. The molecule has 0 aliphatic heterocycles. The van der Waals surface area contributed by atoms with Crippen LogP contribution < -0.4 is 4.74 Å². The van der Waals surface area contributed by atoms with Gasteiger partial charge in [-0.3, -0.25) is 4.79 Å². The van der Waals surface area contributed by atoms with Gasteiger partial charge in [-0.25, -0.2) is 0 Å². The second-order valence-corrected chi connectivity index (χ2v) is 3.48. The van der Waals surface area contributed by atoms with E-state index in [0.717, 1.165) is 4.47 Å². The number of ketones is 1. The van der Waals surface area contributed by atoms with Gasteiger partial charge in [-0.1, -0.05) is 22.9 Å². The van der Waals surface area contributed by atoms with Crippen LogP contribution in [0.5, 0.6) is 5.75 Å². The number of carbonyl (C=O) groups excluding carboxylic acids is 1. The maximum absolute atomic E-state index is 11.4. The highest BCUT2D eigenvalue weighted by atomic mass is 79.9. The Hall–Kier alpha value is -0.830. The lowest BCUT2D eigenvalue weighted by atomic mass is 10.1. The Morgan fingerprint density at radius 1 is 1.54 bits per heavy atom. The summed E-state index contributed by atoms with van der Waals surface area (Å²) in [5.74, 6) is 0.825. The van der Waals surface area contributed by atoms with Crippen molar-refractivity contribution in [3.8, 4) is 5.75 Å². The molecule has 0 aliphatic carbocycles. The van der Waals surface area contributed by atoms with Crippen LogP contribution in [0.3, 0.4) is 0 Å². The molecule has 0 amide bonds. The summed E-state index contributed by atoms with van der Waals surface area (Å²) < 4.78 is 5.85. The molecule has 2 nitrogen and oxygen atoms in total. The number of ether oxygens (including phenoxy) is 1. The molecule has 0 unspecified atom stereocenters. The summed E-state index contributed by atoms with van der Waals surface area (Å²) >= 11 is 3.32. The lowest BCUT2D eigenvalue weighted by molar-refractivity contribution is 0.0987. The van der Waals surface area contributed by atoms with Gasteiger partial charge in [-0.2, -0.15) is 0 Å². The predicted octanol–water partition coefficient (Wildman–Crippen LogP) is 3.05. The summed E-state index contributed by atoms with van der Waals surface area (Å²) in [6, 6.07) is 5.38. The van der Waals surface area contributed by atoms with Crippen molar-refractivity contribution in [2.24, 2.45) is 0 Å². The second-order valence-electron chi connectivity index (χ2n) is 2.62.